The van der Waals surface area contributed by atoms with Crippen LogP contribution in [0.25, 0.3) is 0 Å². The predicted molar refractivity (Wildman–Crippen MR) is 87.4 cm³/mol. The molecule has 4 heteroatoms. The average Bonchev–Trinajstić information content (AvgIpc) is 2.47. The van der Waals surface area contributed by atoms with Crippen LogP contribution in [0.3, 0.4) is 0 Å². The quantitative estimate of drug-likeness (QED) is 0.478. The Morgan fingerprint density at radius 1 is 1.05 bits per heavy atom. The number of unbranched alkanes of at least 4 members (excludes halogenated alkanes) is 4. The van der Waals surface area contributed by atoms with E-state index in [1.54, 1.807) is 6.92 Å². The van der Waals surface area contributed by atoms with Gasteiger partial charge in [0.1, 0.15) is 11.3 Å². The van der Waals surface area contributed by atoms with Gasteiger partial charge in [0.25, 0.3) is 0 Å². The molecular weight excluding hydrogens is 280 g/mol. The molecule has 1 rings (SSSR count). The first-order chi connectivity index (χ1) is 10.6. The number of esters is 1. The van der Waals surface area contributed by atoms with Gasteiger partial charge in [-0.2, -0.15) is 0 Å². The lowest BCUT2D eigenvalue weighted by Crippen LogP contribution is -2.16. The third-order valence-electron chi connectivity index (χ3n) is 3.65. The number of ether oxygens (including phenoxy) is 1. The first-order valence-electron chi connectivity index (χ1n) is 8.47. The number of rotatable bonds is 10. The van der Waals surface area contributed by atoms with E-state index in [9.17, 15) is 9.59 Å². The van der Waals surface area contributed by atoms with Gasteiger partial charge in [0.15, 0.2) is 0 Å². The van der Waals surface area contributed by atoms with Gasteiger partial charge in [-0.1, -0.05) is 39.5 Å². The van der Waals surface area contributed by atoms with Crippen LogP contribution in [0.2, 0.25) is 0 Å². The second-order valence-electron chi connectivity index (χ2n) is 5.52. The zero-order valence-corrected chi connectivity index (χ0v) is 14.1. The third kappa shape index (κ3) is 5.66. The number of carbonyl (C=O) groups excluding carboxylic acids is 1. The van der Waals surface area contributed by atoms with Crippen molar-refractivity contribution in [3.63, 3.8) is 0 Å². The number of carbonyl (C=O) groups is 1. The van der Waals surface area contributed by atoms with Crippen LogP contribution in [0, 0.1) is 0 Å². The summed E-state index contributed by atoms with van der Waals surface area (Å²) in [6.07, 6.45) is 7.49. The molecule has 0 N–H and O–H groups in total. The molecule has 0 saturated heterocycles. The van der Waals surface area contributed by atoms with Crippen molar-refractivity contribution in [2.24, 2.45) is 0 Å². The van der Waals surface area contributed by atoms with Gasteiger partial charge in [0, 0.05) is 12.5 Å². The Morgan fingerprint density at radius 3 is 2.27 bits per heavy atom. The van der Waals surface area contributed by atoms with Crippen LogP contribution in [0.15, 0.2) is 15.3 Å². The van der Waals surface area contributed by atoms with Crippen LogP contribution in [-0.4, -0.2) is 12.6 Å². The summed E-state index contributed by atoms with van der Waals surface area (Å²) in [7, 11) is 0. The summed E-state index contributed by atoms with van der Waals surface area (Å²) in [4.78, 5) is 24.1. The largest absolute Gasteiger partial charge is 0.462 e. The highest BCUT2D eigenvalue weighted by Crippen LogP contribution is 2.19. The minimum atomic E-state index is -0.371. The van der Waals surface area contributed by atoms with Crippen LogP contribution < -0.4 is 5.63 Å². The van der Waals surface area contributed by atoms with Crippen LogP contribution in [-0.2, 0) is 17.6 Å². The highest BCUT2D eigenvalue weighted by molar-refractivity contribution is 5.92. The summed E-state index contributed by atoms with van der Waals surface area (Å²) in [6.45, 7) is 6.34. The Labute approximate surface area is 132 Å². The Kier molecular flexibility index (Phi) is 8.56. The van der Waals surface area contributed by atoms with Crippen molar-refractivity contribution in [3.8, 4) is 0 Å². The van der Waals surface area contributed by atoms with Gasteiger partial charge in [-0.3, -0.25) is 0 Å². The van der Waals surface area contributed by atoms with E-state index in [0.29, 0.717) is 30.8 Å². The molecule has 0 spiro atoms. The maximum atomic E-state index is 12.3. The Hall–Kier alpha value is -1.58. The minimum absolute atomic E-state index is 0.320. The monoisotopic (exact) mass is 308 g/mol. The molecule has 0 unspecified atom stereocenters. The van der Waals surface area contributed by atoms with E-state index in [0.717, 1.165) is 44.1 Å². The van der Waals surface area contributed by atoms with Gasteiger partial charge in [-0.05, 0) is 31.7 Å². The molecule has 1 heterocycles. The average molecular weight is 308 g/mol. The molecule has 22 heavy (non-hydrogen) atoms. The lowest BCUT2D eigenvalue weighted by molar-refractivity contribution is 0.0519. The van der Waals surface area contributed by atoms with Crippen LogP contribution >= 0.6 is 0 Å². The first kappa shape index (κ1) is 18.5. The summed E-state index contributed by atoms with van der Waals surface area (Å²) >= 11 is 0. The number of hydrogen-bond acceptors (Lipinski definition) is 4. The summed E-state index contributed by atoms with van der Waals surface area (Å²) in [6, 6.07) is 1.45. The van der Waals surface area contributed by atoms with Crippen molar-refractivity contribution >= 4 is 5.97 Å². The Morgan fingerprint density at radius 2 is 1.68 bits per heavy atom. The molecule has 0 bridgehead atoms. The van der Waals surface area contributed by atoms with Gasteiger partial charge >= 0.3 is 11.6 Å². The van der Waals surface area contributed by atoms with Crippen molar-refractivity contribution in [2.75, 3.05) is 6.61 Å². The molecule has 0 aliphatic carbocycles. The van der Waals surface area contributed by atoms with Crippen molar-refractivity contribution in [2.45, 2.75) is 72.1 Å². The zero-order chi connectivity index (χ0) is 16.4. The van der Waals surface area contributed by atoms with Crippen LogP contribution in [0.1, 0.15) is 81.0 Å². The highest BCUT2D eigenvalue weighted by Gasteiger charge is 2.20. The van der Waals surface area contributed by atoms with E-state index in [1.165, 1.54) is 6.07 Å². The molecule has 0 saturated carbocycles. The maximum Gasteiger partial charge on any atom is 0.341 e. The fraction of sp³-hybridized carbons (Fsp3) is 0.667. The summed E-state index contributed by atoms with van der Waals surface area (Å²) in [5.74, 6) is 0.121. The summed E-state index contributed by atoms with van der Waals surface area (Å²) < 4.78 is 10.5. The molecule has 4 nitrogen and oxygen atoms in total. The maximum absolute atomic E-state index is 12.3. The molecule has 0 aliphatic heterocycles. The Bertz CT molecular complexity index is 482. The molecule has 124 valence electrons. The number of aryl methyl sites for hydroxylation is 2. The predicted octanol–water partition coefficient (Wildman–Crippen LogP) is 4.28. The van der Waals surface area contributed by atoms with Crippen molar-refractivity contribution in [1.29, 1.82) is 0 Å². The van der Waals surface area contributed by atoms with E-state index >= 15 is 0 Å². The lowest BCUT2D eigenvalue weighted by Gasteiger charge is -2.12. The van der Waals surface area contributed by atoms with Crippen LogP contribution in [0.5, 0.6) is 0 Å². The molecule has 0 aromatic carbocycles. The fourth-order valence-electron chi connectivity index (χ4n) is 2.52. The standard InChI is InChI=1S/C18H28O4/c1-4-7-9-11-14-13-16(19)22-15(12-10-8-5-2)17(14)18(20)21-6-3/h13H,4-12H2,1-3H3. The number of hydrogen-bond donors (Lipinski definition) is 0. The van der Waals surface area contributed by atoms with E-state index in [2.05, 4.69) is 13.8 Å². The Balaban J connectivity index is 3.10. The molecule has 1 aromatic rings. The summed E-state index contributed by atoms with van der Waals surface area (Å²) in [5.41, 5.74) is 0.884. The van der Waals surface area contributed by atoms with Gasteiger partial charge in [0.2, 0.25) is 0 Å². The molecule has 1 aromatic heterocycles. The van der Waals surface area contributed by atoms with Gasteiger partial charge < -0.3 is 9.15 Å². The van der Waals surface area contributed by atoms with Crippen molar-refractivity contribution in [3.05, 3.63) is 33.4 Å². The topological polar surface area (TPSA) is 56.5 Å². The SMILES string of the molecule is CCCCCc1cc(=O)oc(CCCCC)c1C(=O)OCC. The van der Waals surface area contributed by atoms with Crippen molar-refractivity contribution in [1.82, 2.24) is 0 Å². The molecule has 0 radical (unpaired) electrons. The van der Waals surface area contributed by atoms with E-state index < -0.39 is 0 Å². The molecule has 0 aliphatic rings. The normalized spacial score (nSPS) is 10.7. The zero-order valence-electron chi connectivity index (χ0n) is 14.1. The van der Waals surface area contributed by atoms with Gasteiger partial charge in [-0.25, -0.2) is 9.59 Å². The molecule has 0 amide bonds. The third-order valence-corrected chi connectivity index (χ3v) is 3.65. The highest BCUT2D eigenvalue weighted by atomic mass is 16.5. The first-order valence-corrected chi connectivity index (χ1v) is 8.47. The second kappa shape index (κ2) is 10.2. The van der Waals surface area contributed by atoms with Crippen LogP contribution in [0.4, 0.5) is 0 Å². The molecule has 0 fully saturated rings. The van der Waals surface area contributed by atoms with E-state index in [-0.39, 0.29) is 11.6 Å². The lowest BCUT2D eigenvalue weighted by atomic mass is 9.99. The van der Waals surface area contributed by atoms with E-state index in [4.69, 9.17) is 9.15 Å². The minimum Gasteiger partial charge on any atom is -0.462 e. The second-order valence-corrected chi connectivity index (χ2v) is 5.52. The summed E-state index contributed by atoms with van der Waals surface area (Å²) in [5, 5.41) is 0. The van der Waals surface area contributed by atoms with Gasteiger partial charge in [0.05, 0.1) is 6.61 Å². The smallest absolute Gasteiger partial charge is 0.341 e. The van der Waals surface area contributed by atoms with E-state index in [1.807, 2.05) is 0 Å². The van der Waals surface area contributed by atoms with Gasteiger partial charge in [-0.15, -0.1) is 0 Å². The molecule has 0 atom stereocenters. The van der Waals surface area contributed by atoms with Crippen molar-refractivity contribution < 1.29 is 13.9 Å². The molecular formula is C18H28O4. The fourth-order valence-corrected chi connectivity index (χ4v) is 2.52.